The highest BCUT2D eigenvalue weighted by Gasteiger charge is 2.12. The molecule has 0 fully saturated rings. The standard InChI is InChI=1S/C14H17N3O2/c1-9(18)6-14(19)17(3)8-11-4-5-12-13(7-11)16-10(2)15-12/h4-5,7H,6,8H2,1-3H3,(H,15,16). The number of carbonyl (C=O) groups is 2. The van der Waals surface area contributed by atoms with Gasteiger partial charge in [0.2, 0.25) is 5.91 Å². The van der Waals surface area contributed by atoms with E-state index in [0.717, 1.165) is 22.4 Å². The second-order valence-electron chi connectivity index (χ2n) is 4.80. The van der Waals surface area contributed by atoms with E-state index in [9.17, 15) is 9.59 Å². The number of Topliss-reactive ketones (excluding diaryl/α,β-unsaturated/α-hetero) is 1. The molecule has 100 valence electrons. The summed E-state index contributed by atoms with van der Waals surface area (Å²) in [6, 6.07) is 5.85. The van der Waals surface area contributed by atoms with Gasteiger partial charge in [0, 0.05) is 13.6 Å². The van der Waals surface area contributed by atoms with Gasteiger partial charge in [-0.05, 0) is 31.5 Å². The lowest BCUT2D eigenvalue weighted by molar-refractivity contribution is -0.134. The number of imidazole rings is 1. The number of aromatic amines is 1. The summed E-state index contributed by atoms with van der Waals surface area (Å²) in [5.74, 6) is 0.595. The van der Waals surface area contributed by atoms with Gasteiger partial charge in [0.15, 0.2) is 0 Å². The average Bonchev–Trinajstić information content (AvgIpc) is 2.67. The third-order valence-corrected chi connectivity index (χ3v) is 2.91. The second kappa shape index (κ2) is 5.22. The Hall–Kier alpha value is -2.17. The molecule has 0 spiro atoms. The molecule has 1 N–H and O–H groups in total. The minimum atomic E-state index is -0.159. The first-order valence-electron chi connectivity index (χ1n) is 6.14. The Labute approximate surface area is 111 Å². The van der Waals surface area contributed by atoms with Crippen LogP contribution in [0.25, 0.3) is 11.0 Å². The zero-order valence-electron chi connectivity index (χ0n) is 11.4. The molecule has 0 aliphatic rings. The van der Waals surface area contributed by atoms with Crippen molar-refractivity contribution in [3.8, 4) is 0 Å². The van der Waals surface area contributed by atoms with Gasteiger partial charge in [-0.2, -0.15) is 0 Å². The van der Waals surface area contributed by atoms with Gasteiger partial charge in [0.05, 0.1) is 17.5 Å². The Morgan fingerprint density at radius 2 is 2.11 bits per heavy atom. The monoisotopic (exact) mass is 259 g/mol. The fraction of sp³-hybridized carbons (Fsp3) is 0.357. The van der Waals surface area contributed by atoms with Crippen LogP contribution in [0, 0.1) is 6.92 Å². The summed E-state index contributed by atoms with van der Waals surface area (Å²) in [5, 5.41) is 0. The quantitative estimate of drug-likeness (QED) is 0.851. The smallest absolute Gasteiger partial charge is 0.230 e. The van der Waals surface area contributed by atoms with Crippen molar-refractivity contribution < 1.29 is 9.59 Å². The van der Waals surface area contributed by atoms with E-state index in [0.29, 0.717) is 6.54 Å². The van der Waals surface area contributed by atoms with Gasteiger partial charge in [0.25, 0.3) is 0 Å². The maximum atomic E-state index is 11.7. The summed E-state index contributed by atoms with van der Waals surface area (Å²) in [4.78, 5) is 31.7. The molecule has 0 aliphatic heterocycles. The Morgan fingerprint density at radius 3 is 2.79 bits per heavy atom. The zero-order valence-corrected chi connectivity index (χ0v) is 11.4. The van der Waals surface area contributed by atoms with Crippen LogP contribution in [-0.4, -0.2) is 33.6 Å². The lowest BCUT2D eigenvalue weighted by atomic mass is 10.2. The van der Waals surface area contributed by atoms with Crippen LogP contribution in [0.2, 0.25) is 0 Å². The number of nitrogens with zero attached hydrogens (tertiary/aromatic N) is 2. The van der Waals surface area contributed by atoms with E-state index in [2.05, 4.69) is 9.97 Å². The number of carbonyl (C=O) groups excluding carboxylic acids is 2. The highest BCUT2D eigenvalue weighted by molar-refractivity contribution is 5.96. The SMILES string of the molecule is CC(=O)CC(=O)N(C)Cc1ccc2nc(C)[nH]c2c1. The number of fused-ring (bicyclic) bond motifs is 1. The van der Waals surface area contributed by atoms with Crippen LogP contribution in [0.3, 0.4) is 0 Å². The predicted octanol–water partition coefficient (Wildman–Crippen LogP) is 1.81. The number of hydrogen-bond donors (Lipinski definition) is 1. The third kappa shape index (κ3) is 3.19. The van der Waals surface area contributed by atoms with Crippen LogP contribution in [0.15, 0.2) is 18.2 Å². The van der Waals surface area contributed by atoms with Crippen molar-refractivity contribution in [2.45, 2.75) is 26.8 Å². The molecule has 1 amide bonds. The average molecular weight is 259 g/mol. The molecular formula is C14H17N3O2. The number of nitrogens with one attached hydrogen (secondary N) is 1. The maximum absolute atomic E-state index is 11.7. The van der Waals surface area contributed by atoms with Gasteiger partial charge in [-0.15, -0.1) is 0 Å². The van der Waals surface area contributed by atoms with Gasteiger partial charge in [-0.1, -0.05) is 6.07 Å². The highest BCUT2D eigenvalue weighted by Crippen LogP contribution is 2.14. The van der Waals surface area contributed by atoms with Crippen LogP contribution < -0.4 is 0 Å². The van der Waals surface area contributed by atoms with Crippen molar-refractivity contribution in [3.63, 3.8) is 0 Å². The lowest BCUT2D eigenvalue weighted by Crippen LogP contribution is -2.27. The Bertz CT molecular complexity index is 631. The number of aryl methyl sites for hydroxylation is 1. The van der Waals surface area contributed by atoms with E-state index in [1.54, 1.807) is 11.9 Å². The largest absolute Gasteiger partial charge is 0.342 e. The molecule has 5 nitrogen and oxygen atoms in total. The van der Waals surface area contributed by atoms with Crippen LogP contribution in [0.4, 0.5) is 0 Å². The molecule has 0 bridgehead atoms. The minimum Gasteiger partial charge on any atom is -0.342 e. The molecular weight excluding hydrogens is 242 g/mol. The van der Waals surface area contributed by atoms with Gasteiger partial charge in [0.1, 0.15) is 11.6 Å². The van der Waals surface area contributed by atoms with Crippen molar-refractivity contribution in [1.29, 1.82) is 0 Å². The van der Waals surface area contributed by atoms with Gasteiger partial charge in [-0.25, -0.2) is 4.98 Å². The Balaban J connectivity index is 2.12. The molecule has 1 heterocycles. The van der Waals surface area contributed by atoms with Crippen LogP contribution >= 0.6 is 0 Å². The minimum absolute atomic E-state index is 0.0398. The van der Waals surface area contributed by atoms with Crippen molar-refractivity contribution in [2.24, 2.45) is 0 Å². The van der Waals surface area contributed by atoms with E-state index in [1.165, 1.54) is 6.92 Å². The molecule has 0 aliphatic carbocycles. The molecule has 0 radical (unpaired) electrons. The number of benzene rings is 1. The lowest BCUT2D eigenvalue weighted by Gasteiger charge is -2.16. The van der Waals surface area contributed by atoms with Crippen molar-refractivity contribution in [3.05, 3.63) is 29.6 Å². The van der Waals surface area contributed by atoms with Gasteiger partial charge < -0.3 is 9.88 Å². The normalized spacial score (nSPS) is 10.7. The van der Waals surface area contributed by atoms with Crippen LogP contribution in [-0.2, 0) is 16.1 Å². The number of hydrogen-bond acceptors (Lipinski definition) is 3. The summed E-state index contributed by atoms with van der Waals surface area (Å²) >= 11 is 0. The summed E-state index contributed by atoms with van der Waals surface area (Å²) in [6.45, 7) is 3.81. The number of aromatic nitrogens is 2. The summed E-state index contributed by atoms with van der Waals surface area (Å²) in [6.07, 6.45) is -0.0398. The molecule has 0 saturated heterocycles. The fourth-order valence-corrected chi connectivity index (χ4v) is 1.99. The van der Waals surface area contributed by atoms with Crippen molar-refractivity contribution >= 4 is 22.7 Å². The van der Waals surface area contributed by atoms with Crippen molar-refractivity contribution in [1.82, 2.24) is 14.9 Å². The third-order valence-electron chi connectivity index (χ3n) is 2.91. The molecule has 0 saturated carbocycles. The molecule has 0 unspecified atom stereocenters. The first-order valence-corrected chi connectivity index (χ1v) is 6.14. The first-order chi connectivity index (χ1) is 8.95. The van der Waals surface area contributed by atoms with Crippen LogP contribution in [0.1, 0.15) is 24.7 Å². The summed E-state index contributed by atoms with van der Waals surface area (Å²) in [7, 11) is 1.70. The summed E-state index contributed by atoms with van der Waals surface area (Å²) in [5.41, 5.74) is 2.89. The zero-order chi connectivity index (χ0) is 14.0. The van der Waals surface area contributed by atoms with Crippen molar-refractivity contribution in [2.75, 3.05) is 7.05 Å². The van der Waals surface area contributed by atoms with Crippen LogP contribution in [0.5, 0.6) is 0 Å². The number of ketones is 1. The van der Waals surface area contributed by atoms with E-state index in [-0.39, 0.29) is 18.1 Å². The molecule has 0 atom stereocenters. The predicted molar refractivity (Wildman–Crippen MR) is 72.6 cm³/mol. The molecule has 2 aromatic rings. The van der Waals surface area contributed by atoms with E-state index >= 15 is 0 Å². The summed E-state index contributed by atoms with van der Waals surface area (Å²) < 4.78 is 0. The number of H-pyrrole nitrogens is 1. The molecule has 5 heteroatoms. The topological polar surface area (TPSA) is 66.1 Å². The Kier molecular flexibility index (Phi) is 3.64. The Morgan fingerprint density at radius 1 is 1.37 bits per heavy atom. The second-order valence-corrected chi connectivity index (χ2v) is 4.80. The number of amides is 1. The highest BCUT2D eigenvalue weighted by atomic mass is 16.2. The van der Waals surface area contributed by atoms with Gasteiger partial charge >= 0.3 is 0 Å². The first kappa shape index (κ1) is 13.3. The fourth-order valence-electron chi connectivity index (χ4n) is 1.99. The van der Waals surface area contributed by atoms with E-state index < -0.39 is 0 Å². The van der Waals surface area contributed by atoms with E-state index in [1.807, 2.05) is 25.1 Å². The van der Waals surface area contributed by atoms with E-state index in [4.69, 9.17) is 0 Å². The molecule has 2 rings (SSSR count). The maximum Gasteiger partial charge on any atom is 0.230 e. The van der Waals surface area contributed by atoms with Gasteiger partial charge in [-0.3, -0.25) is 9.59 Å². The molecule has 1 aromatic carbocycles. The molecule has 19 heavy (non-hydrogen) atoms. The molecule has 1 aromatic heterocycles. The number of rotatable bonds is 4.